The Bertz CT molecular complexity index is 307. The fourth-order valence-corrected chi connectivity index (χ4v) is 5.00. The maximum atomic E-state index is 13.1. The van der Waals surface area contributed by atoms with Crippen molar-refractivity contribution in [2.24, 2.45) is 23.2 Å². The standard InChI is InChI=1S/C14H20F2O/c1-13(15,16)12(17)8-14-5-9-2-10(6-14)4-11(3-9)7-14/h9-11H,2-8H2,1H3. The van der Waals surface area contributed by atoms with Crippen molar-refractivity contribution in [2.75, 3.05) is 0 Å². The molecule has 0 saturated heterocycles. The molecule has 4 bridgehead atoms. The molecule has 4 saturated carbocycles. The van der Waals surface area contributed by atoms with Crippen molar-refractivity contribution in [1.82, 2.24) is 0 Å². The molecule has 3 heteroatoms. The van der Waals surface area contributed by atoms with Gasteiger partial charge >= 0.3 is 5.92 Å². The molecule has 0 spiro atoms. The molecule has 4 fully saturated rings. The van der Waals surface area contributed by atoms with E-state index >= 15 is 0 Å². The van der Waals surface area contributed by atoms with Crippen LogP contribution in [-0.4, -0.2) is 11.7 Å². The Kier molecular flexibility index (Phi) is 2.40. The lowest BCUT2D eigenvalue weighted by molar-refractivity contribution is -0.148. The summed E-state index contributed by atoms with van der Waals surface area (Å²) in [6, 6.07) is 0. The molecule has 0 aromatic rings. The predicted molar refractivity (Wildman–Crippen MR) is 60.9 cm³/mol. The molecule has 96 valence electrons. The van der Waals surface area contributed by atoms with Crippen LogP contribution >= 0.6 is 0 Å². The molecule has 0 amide bonds. The lowest BCUT2D eigenvalue weighted by atomic mass is 9.48. The van der Waals surface area contributed by atoms with E-state index in [1.165, 1.54) is 19.3 Å². The van der Waals surface area contributed by atoms with Gasteiger partial charge in [0.2, 0.25) is 5.78 Å². The second-order valence-corrected chi connectivity index (χ2v) is 6.91. The highest BCUT2D eigenvalue weighted by Crippen LogP contribution is 2.61. The van der Waals surface area contributed by atoms with Gasteiger partial charge in [0.1, 0.15) is 0 Å². The van der Waals surface area contributed by atoms with Gasteiger partial charge in [-0.25, -0.2) is 0 Å². The van der Waals surface area contributed by atoms with Crippen LogP contribution in [0.25, 0.3) is 0 Å². The van der Waals surface area contributed by atoms with Crippen molar-refractivity contribution in [2.45, 2.75) is 57.8 Å². The van der Waals surface area contributed by atoms with E-state index < -0.39 is 11.7 Å². The lowest BCUT2D eigenvalue weighted by Gasteiger charge is -2.56. The van der Waals surface area contributed by atoms with Crippen molar-refractivity contribution in [3.8, 4) is 0 Å². The summed E-state index contributed by atoms with van der Waals surface area (Å²) < 4.78 is 26.1. The molecule has 17 heavy (non-hydrogen) atoms. The normalized spacial score (nSPS) is 44.1. The minimum absolute atomic E-state index is 0.0503. The van der Waals surface area contributed by atoms with E-state index in [-0.39, 0.29) is 11.8 Å². The van der Waals surface area contributed by atoms with E-state index in [4.69, 9.17) is 0 Å². The third-order valence-corrected chi connectivity index (χ3v) is 5.19. The number of carbonyl (C=O) groups is 1. The molecule has 0 aromatic carbocycles. The van der Waals surface area contributed by atoms with Crippen molar-refractivity contribution in [1.29, 1.82) is 0 Å². The van der Waals surface area contributed by atoms with E-state index in [0.717, 1.165) is 43.9 Å². The number of alkyl halides is 2. The first kappa shape index (κ1) is 11.6. The van der Waals surface area contributed by atoms with Crippen LogP contribution in [0.2, 0.25) is 0 Å². The highest BCUT2D eigenvalue weighted by Gasteiger charge is 2.52. The fourth-order valence-electron chi connectivity index (χ4n) is 5.00. The van der Waals surface area contributed by atoms with Gasteiger partial charge in [0.15, 0.2) is 0 Å². The van der Waals surface area contributed by atoms with Gasteiger partial charge in [0.05, 0.1) is 0 Å². The Morgan fingerprint density at radius 1 is 1.12 bits per heavy atom. The Balaban J connectivity index is 1.76. The number of Topliss-reactive ketones (excluding diaryl/α,β-unsaturated/α-hetero) is 1. The SMILES string of the molecule is CC(F)(F)C(=O)CC12CC3CC(CC(C3)C1)C2. The lowest BCUT2D eigenvalue weighted by Crippen LogP contribution is -2.48. The van der Waals surface area contributed by atoms with Crippen LogP contribution in [0, 0.1) is 23.2 Å². The van der Waals surface area contributed by atoms with Crippen molar-refractivity contribution in [3.05, 3.63) is 0 Å². The first-order valence-electron chi connectivity index (χ1n) is 6.77. The zero-order valence-corrected chi connectivity index (χ0v) is 10.3. The van der Waals surface area contributed by atoms with Gasteiger partial charge in [-0.15, -0.1) is 0 Å². The smallest absolute Gasteiger partial charge is 0.293 e. The molecule has 0 radical (unpaired) electrons. The molecular formula is C14H20F2O. The zero-order valence-electron chi connectivity index (χ0n) is 10.3. The predicted octanol–water partition coefficient (Wildman–Crippen LogP) is 3.82. The van der Waals surface area contributed by atoms with Crippen LogP contribution in [-0.2, 0) is 4.79 Å². The Morgan fingerprint density at radius 3 is 1.88 bits per heavy atom. The average molecular weight is 242 g/mol. The molecule has 0 heterocycles. The molecule has 4 rings (SSSR count). The van der Waals surface area contributed by atoms with E-state index in [1.807, 2.05) is 0 Å². The van der Waals surface area contributed by atoms with Crippen molar-refractivity contribution < 1.29 is 13.6 Å². The van der Waals surface area contributed by atoms with Gasteiger partial charge < -0.3 is 0 Å². The molecular weight excluding hydrogens is 222 g/mol. The van der Waals surface area contributed by atoms with Gasteiger partial charge in [-0.1, -0.05) is 0 Å². The molecule has 1 nitrogen and oxygen atoms in total. The Morgan fingerprint density at radius 2 is 1.53 bits per heavy atom. The summed E-state index contributed by atoms with van der Waals surface area (Å²) >= 11 is 0. The quantitative estimate of drug-likeness (QED) is 0.735. The summed E-state index contributed by atoms with van der Waals surface area (Å²) in [5.74, 6) is -1.80. The van der Waals surface area contributed by atoms with Gasteiger partial charge in [-0.05, 0) is 61.7 Å². The zero-order chi connectivity index (χ0) is 12.3. The fraction of sp³-hybridized carbons (Fsp3) is 0.929. The van der Waals surface area contributed by atoms with E-state index in [1.54, 1.807) is 0 Å². The maximum Gasteiger partial charge on any atom is 0.302 e. The van der Waals surface area contributed by atoms with Crippen LogP contribution in [0.3, 0.4) is 0 Å². The number of halogens is 2. The molecule has 4 aliphatic rings. The monoisotopic (exact) mass is 242 g/mol. The first-order chi connectivity index (χ1) is 7.86. The molecule has 0 atom stereocenters. The van der Waals surface area contributed by atoms with Gasteiger partial charge in [0.25, 0.3) is 0 Å². The second kappa shape index (κ2) is 3.52. The summed E-state index contributed by atoms with van der Waals surface area (Å²) in [7, 11) is 0. The summed E-state index contributed by atoms with van der Waals surface area (Å²) in [6.45, 7) is 0.746. The Labute approximate surface area is 101 Å². The first-order valence-corrected chi connectivity index (χ1v) is 6.77. The summed E-state index contributed by atoms with van der Waals surface area (Å²) in [5, 5.41) is 0. The maximum absolute atomic E-state index is 13.1. The van der Waals surface area contributed by atoms with E-state index in [0.29, 0.717) is 0 Å². The van der Waals surface area contributed by atoms with Gasteiger partial charge in [0, 0.05) is 13.3 Å². The molecule has 0 aromatic heterocycles. The topological polar surface area (TPSA) is 17.1 Å². The van der Waals surface area contributed by atoms with Crippen LogP contribution in [0.5, 0.6) is 0 Å². The van der Waals surface area contributed by atoms with Gasteiger partial charge in [-0.2, -0.15) is 8.78 Å². The molecule has 4 aliphatic carbocycles. The molecule has 0 aliphatic heterocycles. The second-order valence-electron chi connectivity index (χ2n) is 6.91. The van der Waals surface area contributed by atoms with Crippen molar-refractivity contribution in [3.63, 3.8) is 0 Å². The largest absolute Gasteiger partial charge is 0.302 e. The summed E-state index contributed by atoms with van der Waals surface area (Å²) in [6.07, 6.45) is 7.07. The van der Waals surface area contributed by atoms with E-state index in [9.17, 15) is 13.6 Å². The highest BCUT2D eigenvalue weighted by atomic mass is 19.3. The summed E-state index contributed by atoms with van der Waals surface area (Å²) in [4.78, 5) is 11.6. The van der Waals surface area contributed by atoms with Crippen LogP contribution in [0.15, 0.2) is 0 Å². The minimum atomic E-state index is -3.14. The van der Waals surface area contributed by atoms with Crippen molar-refractivity contribution >= 4 is 5.78 Å². The third kappa shape index (κ3) is 2.02. The number of ketones is 1. The number of hydrogen-bond donors (Lipinski definition) is 0. The molecule has 0 unspecified atom stereocenters. The number of carbonyl (C=O) groups excluding carboxylic acids is 1. The average Bonchev–Trinajstić information content (AvgIpc) is 2.12. The highest BCUT2D eigenvalue weighted by molar-refractivity contribution is 5.85. The van der Waals surface area contributed by atoms with Crippen LogP contribution in [0.4, 0.5) is 8.78 Å². The summed E-state index contributed by atoms with van der Waals surface area (Å²) in [5.41, 5.74) is -0.0503. The van der Waals surface area contributed by atoms with E-state index in [2.05, 4.69) is 0 Å². The number of rotatable bonds is 3. The Hall–Kier alpha value is -0.470. The van der Waals surface area contributed by atoms with Crippen LogP contribution < -0.4 is 0 Å². The number of hydrogen-bond acceptors (Lipinski definition) is 1. The molecule has 0 N–H and O–H groups in total. The minimum Gasteiger partial charge on any atom is -0.293 e. The van der Waals surface area contributed by atoms with Crippen LogP contribution in [0.1, 0.15) is 51.9 Å². The van der Waals surface area contributed by atoms with Gasteiger partial charge in [-0.3, -0.25) is 4.79 Å². The third-order valence-electron chi connectivity index (χ3n) is 5.19.